The molecule has 0 aliphatic carbocycles. The zero-order chi connectivity index (χ0) is 11.0. The lowest BCUT2D eigenvalue weighted by atomic mass is 10.3. The van der Waals surface area contributed by atoms with Gasteiger partial charge in [-0.15, -0.1) is 11.3 Å². The summed E-state index contributed by atoms with van der Waals surface area (Å²) in [6, 6.07) is 3.83. The molecule has 2 heterocycles. The Kier molecular flexibility index (Phi) is 2.32. The van der Waals surface area contributed by atoms with Gasteiger partial charge in [0.1, 0.15) is 0 Å². The molecule has 0 saturated carbocycles. The van der Waals surface area contributed by atoms with Crippen LogP contribution in [-0.2, 0) is 7.05 Å². The molecule has 1 N–H and O–H groups in total. The van der Waals surface area contributed by atoms with Gasteiger partial charge in [0.15, 0.2) is 0 Å². The van der Waals surface area contributed by atoms with Crippen LogP contribution in [-0.4, -0.2) is 9.55 Å². The highest BCUT2D eigenvalue weighted by atomic mass is 32.1. The second kappa shape index (κ2) is 3.51. The predicted octanol–water partition coefficient (Wildman–Crippen LogP) is 1.11. The molecule has 0 fully saturated rings. The summed E-state index contributed by atoms with van der Waals surface area (Å²) >= 11 is 1.53. The summed E-state index contributed by atoms with van der Waals surface area (Å²) in [5.41, 5.74) is -0.118. The quantitative estimate of drug-likeness (QED) is 0.785. The normalized spacial score (nSPS) is 10.5. The zero-order valence-electron chi connectivity index (χ0n) is 8.40. The average Bonchev–Trinajstić information content (AvgIpc) is 2.61. The van der Waals surface area contributed by atoms with Gasteiger partial charge in [-0.1, -0.05) is 0 Å². The number of hydrogen-bond acceptors (Lipinski definition) is 3. The van der Waals surface area contributed by atoms with Crippen molar-refractivity contribution in [1.82, 2.24) is 9.55 Å². The molecule has 0 aromatic carbocycles. The van der Waals surface area contributed by atoms with E-state index in [1.807, 2.05) is 19.1 Å². The molecule has 4 nitrogen and oxygen atoms in total. The molecule has 2 rings (SSSR count). The third-order valence-corrected chi connectivity index (χ3v) is 3.22. The number of hydrogen-bond donors (Lipinski definition) is 1. The lowest BCUT2D eigenvalue weighted by Crippen LogP contribution is -2.32. The van der Waals surface area contributed by atoms with Gasteiger partial charge in [-0.05, 0) is 19.1 Å². The number of nitrogens with zero attached hydrogens (tertiary/aromatic N) is 1. The molecule has 0 aliphatic heterocycles. The molecule has 0 bridgehead atoms. The van der Waals surface area contributed by atoms with Crippen LogP contribution in [0.25, 0.3) is 10.4 Å². The number of nitrogens with one attached hydrogen (secondary N) is 1. The first kappa shape index (κ1) is 9.92. The molecule has 0 atom stereocenters. The number of rotatable bonds is 1. The lowest BCUT2D eigenvalue weighted by Gasteiger charge is -1.99. The summed E-state index contributed by atoms with van der Waals surface area (Å²) in [6.07, 6.45) is 1.47. The Hall–Kier alpha value is -1.62. The van der Waals surface area contributed by atoms with Crippen molar-refractivity contribution in [3.05, 3.63) is 44.0 Å². The molecule has 0 spiro atoms. The molecule has 0 saturated heterocycles. The summed E-state index contributed by atoms with van der Waals surface area (Å²) in [5, 5.41) is 0. The van der Waals surface area contributed by atoms with Gasteiger partial charge in [0, 0.05) is 23.0 Å². The maximum absolute atomic E-state index is 11.7. The van der Waals surface area contributed by atoms with E-state index in [2.05, 4.69) is 4.98 Å². The first-order valence-electron chi connectivity index (χ1n) is 4.45. The van der Waals surface area contributed by atoms with Gasteiger partial charge in [-0.25, -0.2) is 4.79 Å². The van der Waals surface area contributed by atoms with Crippen LogP contribution < -0.4 is 11.2 Å². The van der Waals surface area contributed by atoms with E-state index in [-0.39, 0.29) is 5.56 Å². The number of aryl methyl sites for hydroxylation is 1. The summed E-state index contributed by atoms with van der Waals surface area (Å²) in [7, 11) is 1.46. The minimum absolute atomic E-state index is 0.263. The molecule has 0 amide bonds. The summed E-state index contributed by atoms with van der Waals surface area (Å²) in [4.78, 5) is 27.4. The van der Waals surface area contributed by atoms with Gasteiger partial charge in [0.05, 0.1) is 5.56 Å². The Morgan fingerprint density at radius 1 is 1.33 bits per heavy atom. The monoisotopic (exact) mass is 222 g/mol. The second-order valence-electron chi connectivity index (χ2n) is 3.28. The van der Waals surface area contributed by atoms with E-state index in [1.54, 1.807) is 0 Å². The zero-order valence-corrected chi connectivity index (χ0v) is 9.22. The topological polar surface area (TPSA) is 54.9 Å². The largest absolute Gasteiger partial charge is 0.328 e. The third-order valence-electron chi connectivity index (χ3n) is 2.19. The molecule has 0 radical (unpaired) electrons. The Labute approximate surface area is 89.8 Å². The van der Waals surface area contributed by atoms with Crippen LogP contribution in [0.2, 0.25) is 0 Å². The highest BCUT2D eigenvalue weighted by Crippen LogP contribution is 2.23. The summed E-state index contributed by atoms with van der Waals surface area (Å²) in [6.45, 7) is 1.98. The number of H-pyrrole nitrogens is 1. The Morgan fingerprint density at radius 3 is 2.67 bits per heavy atom. The third kappa shape index (κ3) is 1.66. The fraction of sp³-hybridized carbons (Fsp3) is 0.200. The molecule has 0 aliphatic rings. The molecule has 0 unspecified atom stereocenters. The van der Waals surface area contributed by atoms with Crippen LogP contribution in [0, 0.1) is 6.92 Å². The van der Waals surface area contributed by atoms with Crippen LogP contribution in [0.5, 0.6) is 0 Å². The Bertz CT molecular complexity index is 606. The van der Waals surface area contributed by atoms with Crippen LogP contribution in [0.4, 0.5) is 0 Å². The van der Waals surface area contributed by atoms with E-state index < -0.39 is 5.69 Å². The van der Waals surface area contributed by atoms with E-state index in [0.717, 1.165) is 14.3 Å². The molecule has 15 heavy (non-hydrogen) atoms. The highest BCUT2D eigenvalue weighted by Gasteiger charge is 2.07. The minimum atomic E-state index is -0.392. The smallest absolute Gasteiger partial charge is 0.313 e. The van der Waals surface area contributed by atoms with Gasteiger partial charge < -0.3 is 4.98 Å². The van der Waals surface area contributed by atoms with Crippen molar-refractivity contribution in [2.75, 3.05) is 0 Å². The minimum Gasteiger partial charge on any atom is -0.313 e. The van der Waals surface area contributed by atoms with Gasteiger partial charge in [0.2, 0.25) is 0 Å². The van der Waals surface area contributed by atoms with Crippen molar-refractivity contribution < 1.29 is 0 Å². The number of aromatic nitrogens is 2. The van der Waals surface area contributed by atoms with E-state index in [9.17, 15) is 9.59 Å². The summed E-state index contributed by atoms with van der Waals surface area (Å²) < 4.78 is 1.07. The second-order valence-corrected chi connectivity index (χ2v) is 4.57. The first-order chi connectivity index (χ1) is 7.09. The van der Waals surface area contributed by atoms with E-state index in [0.29, 0.717) is 5.56 Å². The predicted molar refractivity (Wildman–Crippen MR) is 60.4 cm³/mol. The standard InChI is InChI=1S/C10H10N2O2S/c1-6-3-4-8(15-6)7-5-11-10(14)12(2)9(7)13/h3-5H,1-2H3,(H,11,14). The number of thiophene rings is 1. The van der Waals surface area contributed by atoms with Crippen molar-refractivity contribution in [2.24, 2.45) is 7.05 Å². The van der Waals surface area contributed by atoms with Crippen molar-refractivity contribution >= 4 is 11.3 Å². The Morgan fingerprint density at radius 2 is 2.07 bits per heavy atom. The van der Waals surface area contributed by atoms with Gasteiger partial charge in [0.25, 0.3) is 5.56 Å². The van der Waals surface area contributed by atoms with E-state index >= 15 is 0 Å². The van der Waals surface area contributed by atoms with Crippen molar-refractivity contribution in [1.29, 1.82) is 0 Å². The van der Waals surface area contributed by atoms with Gasteiger partial charge in [-0.3, -0.25) is 9.36 Å². The fourth-order valence-electron chi connectivity index (χ4n) is 1.32. The van der Waals surface area contributed by atoms with Crippen LogP contribution in [0.1, 0.15) is 4.88 Å². The summed E-state index contributed by atoms with van der Waals surface area (Å²) in [5.74, 6) is 0. The van der Waals surface area contributed by atoms with Crippen LogP contribution in [0.15, 0.2) is 27.9 Å². The molecular formula is C10H10N2O2S. The van der Waals surface area contributed by atoms with Crippen molar-refractivity contribution in [3.63, 3.8) is 0 Å². The fourth-order valence-corrected chi connectivity index (χ4v) is 2.20. The molecule has 2 aromatic rings. The lowest BCUT2D eigenvalue weighted by molar-refractivity contribution is 0.779. The average molecular weight is 222 g/mol. The highest BCUT2D eigenvalue weighted by molar-refractivity contribution is 7.15. The SMILES string of the molecule is Cc1ccc(-c2c[nH]c(=O)n(C)c2=O)s1. The first-order valence-corrected chi connectivity index (χ1v) is 5.27. The van der Waals surface area contributed by atoms with E-state index in [4.69, 9.17) is 0 Å². The van der Waals surface area contributed by atoms with Crippen LogP contribution >= 0.6 is 11.3 Å². The van der Waals surface area contributed by atoms with Gasteiger partial charge >= 0.3 is 5.69 Å². The van der Waals surface area contributed by atoms with Gasteiger partial charge in [-0.2, -0.15) is 0 Å². The van der Waals surface area contributed by atoms with Crippen molar-refractivity contribution in [3.8, 4) is 10.4 Å². The van der Waals surface area contributed by atoms with Crippen molar-refractivity contribution in [2.45, 2.75) is 6.92 Å². The maximum atomic E-state index is 11.7. The van der Waals surface area contributed by atoms with Crippen LogP contribution in [0.3, 0.4) is 0 Å². The molecule has 78 valence electrons. The van der Waals surface area contributed by atoms with E-state index in [1.165, 1.54) is 24.6 Å². The Balaban J connectivity index is 2.70. The number of aromatic amines is 1. The molecular weight excluding hydrogens is 212 g/mol. The molecule has 5 heteroatoms. The molecule has 2 aromatic heterocycles. The maximum Gasteiger partial charge on any atom is 0.328 e.